The molecule has 1 nitrogen and oxygen atoms in total. The summed E-state index contributed by atoms with van der Waals surface area (Å²) in [6.07, 6.45) is 3.54. The first-order chi connectivity index (χ1) is 9.15. The van der Waals surface area contributed by atoms with Crippen molar-refractivity contribution in [3.05, 3.63) is 70.0 Å². The van der Waals surface area contributed by atoms with Gasteiger partial charge in [-0.15, -0.1) is 0 Å². The van der Waals surface area contributed by atoms with Crippen LogP contribution >= 0.6 is 0 Å². The van der Waals surface area contributed by atoms with Gasteiger partial charge in [0.15, 0.2) is 0 Å². The Labute approximate surface area is 113 Å². The van der Waals surface area contributed by atoms with Gasteiger partial charge in [-0.05, 0) is 60.1 Å². The SMILES string of the molecule is Cc1ccc(C(N)c2ccc3c(c2)CCC3)cc1F. The van der Waals surface area contributed by atoms with Crippen molar-refractivity contribution in [1.29, 1.82) is 0 Å². The average Bonchev–Trinajstić information content (AvgIpc) is 2.88. The molecule has 2 heteroatoms. The van der Waals surface area contributed by atoms with E-state index in [4.69, 9.17) is 5.73 Å². The Morgan fingerprint density at radius 2 is 1.68 bits per heavy atom. The van der Waals surface area contributed by atoms with Gasteiger partial charge in [0.2, 0.25) is 0 Å². The molecule has 0 spiro atoms. The predicted octanol–water partition coefficient (Wildman–Crippen LogP) is 3.67. The maximum absolute atomic E-state index is 13.6. The van der Waals surface area contributed by atoms with Crippen molar-refractivity contribution in [3.63, 3.8) is 0 Å². The Morgan fingerprint density at radius 3 is 2.47 bits per heavy atom. The lowest BCUT2D eigenvalue weighted by Crippen LogP contribution is -2.12. The fourth-order valence-corrected chi connectivity index (χ4v) is 2.78. The van der Waals surface area contributed by atoms with E-state index in [0.29, 0.717) is 5.56 Å². The molecule has 0 radical (unpaired) electrons. The van der Waals surface area contributed by atoms with E-state index < -0.39 is 0 Å². The van der Waals surface area contributed by atoms with Crippen LogP contribution in [0, 0.1) is 12.7 Å². The largest absolute Gasteiger partial charge is 0.320 e. The highest BCUT2D eigenvalue weighted by Gasteiger charge is 2.15. The van der Waals surface area contributed by atoms with Crippen molar-refractivity contribution in [2.45, 2.75) is 32.2 Å². The van der Waals surface area contributed by atoms with Gasteiger partial charge in [-0.3, -0.25) is 0 Å². The lowest BCUT2D eigenvalue weighted by atomic mass is 9.96. The van der Waals surface area contributed by atoms with Gasteiger partial charge in [0.05, 0.1) is 6.04 Å². The molecule has 1 aliphatic carbocycles. The van der Waals surface area contributed by atoms with Gasteiger partial charge in [-0.2, -0.15) is 0 Å². The molecular formula is C17H18FN. The Balaban J connectivity index is 1.94. The summed E-state index contributed by atoms with van der Waals surface area (Å²) < 4.78 is 13.6. The Kier molecular flexibility index (Phi) is 3.11. The molecule has 1 atom stereocenters. The number of rotatable bonds is 2. The van der Waals surface area contributed by atoms with E-state index in [2.05, 4.69) is 18.2 Å². The van der Waals surface area contributed by atoms with E-state index >= 15 is 0 Å². The maximum Gasteiger partial charge on any atom is 0.126 e. The summed E-state index contributed by atoms with van der Waals surface area (Å²) in [6.45, 7) is 1.76. The Morgan fingerprint density at radius 1 is 1.00 bits per heavy atom. The van der Waals surface area contributed by atoms with Crippen LogP contribution in [0.3, 0.4) is 0 Å². The normalized spacial score (nSPS) is 15.3. The van der Waals surface area contributed by atoms with E-state index in [0.717, 1.165) is 17.5 Å². The van der Waals surface area contributed by atoms with E-state index in [1.165, 1.54) is 24.0 Å². The molecule has 1 aliphatic rings. The van der Waals surface area contributed by atoms with E-state index in [9.17, 15) is 4.39 Å². The monoisotopic (exact) mass is 255 g/mol. The van der Waals surface area contributed by atoms with Crippen molar-refractivity contribution in [2.75, 3.05) is 0 Å². The van der Waals surface area contributed by atoms with Crippen LogP contribution in [-0.4, -0.2) is 0 Å². The molecule has 2 N–H and O–H groups in total. The molecule has 98 valence electrons. The first kappa shape index (κ1) is 12.4. The highest BCUT2D eigenvalue weighted by atomic mass is 19.1. The number of aryl methyl sites for hydroxylation is 3. The third-order valence-electron chi connectivity index (χ3n) is 4.04. The van der Waals surface area contributed by atoms with E-state index in [-0.39, 0.29) is 11.9 Å². The summed E-state index contributed by atoms with van der Waals surface area (Å²) in [5.74, 6) is -0.186. The maximum atomic E-state index is 13.6. The molecule has 0 aromatic heterocycles. The van der Waals surface area contributed by atoms with Gasteiger partial charge >= 0.3 is 0 Å². The standard InChI is InChI=1S/C17H18FN/c1-11-5-6-15(10-16(11)18)17(19)14-8-7-12-3-2-4-13(12)9-14/h5-10,17H,2-4,19H2,1H3. The minimum Gasteiger partial charge on any atom is -0.320 e. The van der Waals surface area contributed by atoms with Crippen LogP contribution in [0.15, 0.2) is 36.4 Å². The average molecular weight is 255 g/mol. The van der Waals surface area contributed by atoms with Crippen molar-refractivity contribution in [3.8, 4) is 0 Å². The second-order valence-corrected chi connectivity index (χ2v) is 5.37. The first-order valence-corrected chi connectivity index (χ1v) is 6.78. The second-order valence-electron chi connectivity index (χ2n) is 5.37. The molecule has 2 aromatic rings. The molecule has 0 aliphatic heterocycles. The fraction of sp³-hybridized carbons (Fsp3) is 0.294. The number of benzene rings is 2. The lowest BCUT2D eigenvalue weighted by molar-refractivity contribution is 0.614. The molecule has 0 saturated heterocycles. The summed E-state index contributed by atoms with van der Waals surface area (Å²) in [4.78, 5) is 0. The second kappa shape index (κ2) is 4.78. The number of nitrogens with two attached hydrogens (primary N) is 1. The first-order valence-electron chi connectivity index (χ1n) is 6.78. The molecular weight excluding hydrogens is 237 g/mol. The van der Waals surface area contributed by atoms with Crippen molar-refractivity contribution in [2.24, 2.45) is 5.73 Å². The summed E-state index contributed by atoms with van der Waals surface area (Å²) >= 11 is 0. The zero-order valence-corrected chi connectivity index (χ0v) is 11.1. The number of fused-ring (bicyclic) bond motifs is 1. The highest BCUT2D eigenvalue weighted by Crippen LogP contribution is 2.27. The van der Waals surface area contributed by atoms with Crippen molar-refractivity contribution < 1.29 is 4.39 Å². The van der Waals surface area contributed by atoms with Crippen molar-refractivity contribution in [1.82, 2.24) is 0 Å². The van der Waals surface area contributed by atoms with Crippen LogP contribution in [0.5, 0.6) is 0 Å². The van der Waals surface area contributed by atoms with Crippen LogP contribution in [0.25, 0.3) is 0 Å². The Bertz CT molecular complexity index is 619. The Hall–Kier alpha value is -1.67. The number of halogens is 1. The van der Waals surface area contributed by atoms with Gasteiger partial charge in [0.1, 0.15) is 5.82 Å². The number of hydrogen-bond donors (Lipinski definition) is 1. The molecule has 0 saturated carbocycles. The van der Waals surface area contributed by atoms with Crippen LogP contribution in [0.1, 0.15) is 40.3 Å². The van der Waals surface area contributed by atoms with Crippen LogP contribution in [-0.2, 0) is 12.8 Å². The zero-order valence-electron chi connectivity index (χ0n) is 11.1. The van der Waals surface area contributed by atoms with Gasteiger partial charge in [-0.1, -0.05) is 30.3 Å². The van der Waals surface area contributed by atoms with Gasteiger partial charge in [0, 0.05) is 0 Å². The molecule has 3 rings (SSSR count). The van der Waals surface area contributed by atoms with Gasteiger partial charge in [-0.25, -0.2) is 4.39 Å². The summed E-state index contributed by atoms with van der Waals surface area (Å²) in [6, 6.07) is 11.4. The minimum absolute atomic E-state index is 0.186. The molecule has 2 aromatic carbocycles. The molecule has 0 amide bonds. The zero-order chi connectivity index (χ0) is 13.4. The number of hydrogen-bond acceptors (Lipinski definition) is 1. The quantitative estimate of drug-likeness (QED) is 0.870. The van der Waals surface area contributed by atoms with Gasteiger partial charge < -0.3 is 5.73 Å². The third-order valence-corrected chi connectivity index (χ3v) is 4.04. The summed E-state index contributed by atoms with van der Waals surface area (Å²) in [5, 5.41) is 0. The highest BCUT2D eigenvalue weighted by molar-refractivity contribution is 5.40. The topological polar surface area (TPSA) is 26.0 Å². The van der Waals surface area contributed by atoms with Crippen molar-refractivity contribution >= 4 is 0 Å². The van der Waals surface area contributed by atoms with Crippen LogP contribution < -0.4 is 5.73 Å². The van der Waals surface area contributed by atoms with E-state index in [1.54, 1.807) is 19.1 Å². The van der Waals surface area contributed by atoms with Crippen LogP contribution in [0.4, 0.5) is 4.39 Å². The molecule has 0 heterocycles. The summed E-state index contributed by atoms with van der Waals surface area (Å²) in [5.41, 5.74) is 11.7. The van der Waals surface area contributed by atoms with E-state index in [1.807, 2.05) is 6.07 Å². The molecule has 19 heavy (non-hydrogen) atoms. The molecule has 1 unspecified atom stereocenters. The summed E-state index contributed by atoms with van der Waals surface area (Å²) in [7, 11) is 0. The predicted molar refractivity (Wildman–Crippen MR) is 75.6 cm³/mol. The van der Waals surface area contributed by atoms with Gasteiger partial charge in [0.25, 0.3) is 0 Å². The minimum atomic E-state index is -0.249. The molecule has 0 fully saturated rings. The lowest BCUT2D eigenvalue weighted by Gasteiger charge is -2.14. The third kappa shape index (κ3) is 2.28. The fourth-order valence-electron chi connectivity index (χ4n) is 2.78. The molecule has 0 bridgehead atoms. The smallest absolute Gasteiger partial charge is 0.126 e. The van der Waals surface area contributed by atoms with Crippen LogP contribution in [0.2, 0.25) is 0 Å².